The second kappa shape index (κ2) is 5.29. The molecule has 4 nitrogen and oxygen atoms in total. The minimum atomic E-state index is -0.156. The summed E-state index contributed by atoms with van der Waals surface area (Å²) in [6, 6.07) is 7.49. The number of rotatable bonds is 2. The Kier molecular flexibility index (Phi) is 3.86. The summed E-state index contributed by atoms with van der Waals surface area (Å²) in [5, 5.41) is 3.93. The molecule has 2 aromatic rings. The molecule has 0 saturated heterocycles. The molecule has 1 aromatic carbocycles. The van der Waals surface area contributed by atoms with Crippen molar-refractivity contribution in [2.45, 2.75) is 33.1 Å². The number of nitrogen functional groups attached to an aromatic ring is 1. The van der Waals surface area contributed by atoms with E-state index in [4.69, 9.17) is 17.3 Å². The van der Waals surface area contributed by atoms with Crippen LogP contribution in [0, 0.1) is 6.92 Å². The molecule has 0 spiro atoms. The molecule has 2 rings (SSSR count). The van der Waals surface area contributed by atoms with Crippen molar-refractivity contribution in [3.63, 3.8) is 0 Å². The fourth-order valence-corrected chi connectivity index (χ4v) is 1.86. The lowest BCUT2D eigenvalue weighted by atomic mass is 9.96. The van der Waals surface area contributed by atoms with E-state index in [2.05, 4.69) is 15.3 Å². The smallest absolute Gasteiger partial charge is 0.138 e. The van der Waals surface area contributed by atoms with Gasteiger partial charge in [-0.15, -0.1) is 0 Å². The highest BCUT2D eigenvalue weighted by molar-refractivity contribution is 6.31. The average Bonchev–Trinajstić information content (AvgIpc) is 2.32. The monoisotopic (exact) mass is 290 g/mol. The van der Waals surface area contributed by atoms with Gasteiger partial charge in [0.25, 0.3) is 0 Å². The SMILES string of the molecule is Cc1ccc(Nc2cc(N)nc(C(C)(C)C)n2)cc1Cl. The molecule has 0 saturated carbocycles. The second-order valence-corrected chi connectivity index (χ2v) is 6.25. The minimum Gasteiger partial charge on any atom is -0.384 e. The van der Waals surface area contributed by atoms with E-state index in [9.17, 15) is 0 Å². The van der Waals surface area contributed by atoms with Crippen molar-refractivity contribution in [1.29, 1.82) is 0 Å². The van der Waals surface area contributed by atoms with Crippen LogP contribution in [0.15, 0.2) is 24.3 Å². The van der Waals surface area contributed by atoms with Crippen LogP contribution in [0.5, 0.6) is 0 Å². The zero-order valence-corrected chi connectivity index (χ0v) is 12.9. The number of hydrogen-bond donors (Lipinski definition) is 2. The van der Waals surface area contributed by atoms with Gasteiger partial charge in [-0.05, 0) is 24.6 Å². The van der Waals surface area contributed by atoms with Crippen LogP contribution in [0.4, 0.5) is 17.3 Å². The molecule has 0 aliphatic rings. The van der Waals surface area contributed by atoms with Gasteiger partial charge >= 0.3 is 0 Å². The molecule has 5 heteroatoms. The highest BCUT2D eigenvalue weighted by Gasteiger charge is 2.18. The van der Waals surface area contributed by atoms with Crippen molar-refractivity contribution < 1.29 is 0 Å². The molecule has 106 valence electrons. The Balaban J connectivity index is 2.33. The highest BCUT2D eigenvalue weighted by Crippen LogP contribution is 2.25. The van der Waals surface area contributed by atoms with Gasteiger partial charge in [0.2, 0.25) is 0 Å². The average molecular weight is 291 g/mol. The first kappa shape index (κ1) is 14.6. The van der Waals surface area contributed by atoms with E-state index in [1.54, 1.807) is 6.07 Å². The lowest BCUT2D eigenvalue weighted by Crippen LogP contribution is -2.17. The summed E-state index contributed by atoms with van der Waals surface area (Å²) in [4.78, 5) is 8.79. The summed E-state index contributed by atoms with van der Waals surface area (Å²) < 4.78 is 0. The third-order valence-corrected chi connectivity index (χ3v) is 3.27. The molecule has 0 bridgehead atoms. The number of nitrogens with zero attached hydrogens (tertiary/aromatic N) is 2. The van der Waals surface area contributed by atoms with Crippen LogP contribution in [0.1, 0.15) is 32.2 Å². The molecule has 1 heterocycles. The van der Waals surface area contributed by atoms with E-state index in [0.717, 1.165) is 11.3 Å². The Morgan fingerprint density at radius 2 is 1.85 bits per heavy atom. The molecule has 20 heavy (non-hydrogen) atoms. The molecule has 0 aliphatic carbocycles. The lowest BCUT2D eigenvalue weighted by molar-refractivity contribution is 0.547. The van der Waals surface area contributed by atoms with Gasteiger partial charge in [0, 0.05) is 22.2 Å². The van der Waals surface area contributed by atoms with Crippen LogP contribution in [0.2, 0.25) is 5.02 Å². The Bertz CT molecular complexity index is 632. The van der Waals surface area contributed by atoms with Gasteiger partial charge in [-0.25, -0.2) is 9.97 Å². The van der Waals surface area contributed by atoms with Crippen molar-refractivity contribution in [2.24, 2.45) is 0 Å². The van der Waals surface area contributed by atoms with Crippen molar-refractivity contribution in [2.75, 3.05) is 11.1 Å². The fraction of sp³-hybridized carbons (Fsp3) is 0.333. The number of hydrogen-bond acceptors (Lipinski definition) is 4. The van der Waals surface area contributed by atoms with Crippen molar-refractivity contribution in [3.05, 3.63) is 40.7 Å². The van der Waals surface area contributed by atoms with E-state index in [1.165, 1.54) is 0 Å². The summed E-state index contributed by atoms with van der Waals surface area (Å²) in [7, 11) is 0. The Hall–Kier alpha value is -1.81. The van der Waals surface area contributed by atoms with Crippen LogP contribution in [0.25, 0.3) is 0 Å². The van der Waals surface area contributed by atoms with Gasteiger partial charge < -0.3 is 11.1 Å². The largest absolute Gasteiger partial charge is 0.384 e. The molecule has 0 unspecified atom stereocenters. The van der Waals surface area contributed by atoms with Crippen molar-refractivity contribution in [3.8, 4) is 0 Å². The van der Waals surface area contributed by atoms with Crippen LogP contribution < -0.4 is 11.1 Å². The summed E-state index contributed by atoms with van der Waals surface area (Å²) in [6.07, 6.45) is 0. The van der Waals surface area contributed by atoms with E-state index in [0.29, 0.717) is 22.5 Å². The fourth-order valence-electron chi connectivity index (χ4n) is 1.68. The third kappa shape index (κ3) is 3.39. The Labute approximate surface area is 124 Å². The zero-order chi connectivity index (χ0) is 14.9. The Morgan fingerprint density at radius 3 is 2.45 bits per heavy atom. The van der Waals surface area contributed by atoms with Gasteiger partial charge in [0.05, 0.1) is 0 Å². The molecule has 0 amide bonds. The lowest BCUT2D eigenvalue weighted by Gasteiger charge is -2.18. The van der Waals surface area contributed by atoms with E-state index < -0.39 is 0 Å². The molecule has 0 fully saturated rings. The number of anilines is 3. The third-order valence-electron chi connectivity index (χ3n) is 2.86. The van der Waals surface area contributed by atoms with Crippen molar-refractivity contribution >= 4 is 28.9 Å². The first-order chi connectivity index (χ1) is 9.25. The van der Waals surface area contributed by atoms with Crippen LogP contribution >= 0.6 is 11.6 Å². The zero-order valence-electron chi connectivity index (χ0n) is 12.2. The van der Waals surface area contributed by atoms with Gasteiger partial charge in [0.1, 0.15) is 17.5 Å². The number of benzene rings is 1. The number of aryl methyl sites for hydroxylation is 1. The maximum Gasteiger partial charge on any atom is 0.138 e. The normalized spacial score (nSPS) is 11.4. The number of nitrogens with two attached hydrogens (primary N) is 1. The van der Waals surface area contributed by atoms with Crippen LogP contribution in [-0.4, -0.2) is 9.97 Å². The Morgan fingerprint density at radius 1 is 1.15 bits per heavy atom. The summed E-state index contributed by atoms with van der Waals surface area (Å²) in [5.41, 5.74) is 7.60. The highest BCUT2D eigenvalue weighted by atomic mass is 35.5. The molecular weight excluding hydrogens is 272 g/mol. The standard InChI is InChI=1S/C15H19ClN4/c1-9-5-6-10(7-11(9)16)18-13-8-12(17)19-14(20-13)15(2,3)4/h5-8H,1-4H3,(H3,17,18,19,20). The van der Waals surface area contributed by atoms with E-state index in [-0.39, 0.29) is 5.41 Å². The summed E-state index contributed by atoms with van der Waals surface area (Å²) >= 11 is 6.12. The molecule has 3 N–H and O–H groups in total. The molecular formula is C15H19ClN4. The second-order valence-electron chi connectivity index (χ2n) is 5.84. The van der Waals surface area contributed by atoms with E-state index in [1.807, 2.05) is 45.9 Å². The maximum atomic E-state index is 6.12. The molecule has 0 atom stereocenters. The van der Waals surface area contributed by atoms with Gasteiger partial charge in [0.15, 0.2) is 0 Å². The quantitative estimate of drug-likeness (QED) is 0.875. The topological polar surface area (TPSA) is 63.8 Å². The van der Waals surface area contributed by atoms with E-state index >= 15 is 0 Å². The van der Waals surface area contributed by atoms with Crippen LogP contribution in [-0.2, 0) is 5.41 Å². The first-order valence-corrected chi connectivity index (χ1v) is 6.82. The van der Waals surface area contributed by atoms with Gasteiger partial charge in [-0.1, -0.05) is 38.4 Å². The predicted octanol–water partition coefficient (Wildman–Crippen LogP) is 4.06. The number of aromatic nitrogens is 2. The van der Waals surface area contributed by atoms with Crippen LogP contribution in [0.3, 0.4) is 0 Å². The molecule has 0 radical (unpaired) electrons. The van der Waals surface area contributed by atoms with Gasteiger partial charge in [-0.2, -0.15) is 0 Å². The number of halogens is 1. The summed E-state index contributed by atoms with van der Waals surface area (Å²) in [5.74, 6) is 1.83. The van der Waals surface area contributed by atoms with Crippen molar-refractivity contribution in [1.82, 2.24) is 9.97 Å². The molecule has 1 aromatic heterocycles. The molecule has 0 aliphatic heterocycles. The maximum absolute atomic E-state index is 6.12. The minimum absolute atomic E-state index is 0.156. The predicted molar refractivity (Wildman–Crippen MR) is 84.6 cm³/mol. The first-order valence-electron chi connectivity index (χ1n) is 6.44. The number of nitrogens with one attached hydrogen (secondary N) is 1. The summed E-state index contributed by atoms with van der Waals surface area (Å²) in [6.45, 7) is 8.11. The van der Waals surface area contributed by atoms with Gasteiger partial charge in [-0.3, -0.25) is 0 Å².